The van der Waals surface area contributed by atoms with Crippen molar-refractivity contribution in [3.63, 3.8) is 0 Å². The molecule has 0 aliphatic heterocycles. The maximum atomic E-state index is 12.8. The van der Waals surface area contributed by atoms with Crippen molar-refractivity contribution >= 4 is 17.9 Å². The summed E-state index contributed by atoms with van der Waals surface area (Å²) < 4.78 is 16.7. The van der Waals surface area contributed by atoms with Crippen molar-refractivity contribution in [3.8, 4) is 0 Å². The summed E-state index contributed by atoms with van der Waals surface area (Å²) in [5, 5.41) is 0. The third-order valence-electron chi connectivity index (χ3n) is 10.6. The zero-order chi connectivity index (χ0) is 45.1. The molecule has 0 aromatic carbocycles. The van der Waals surface area contributed by atoms with Crippen LogP contribution in [0.15, 0.2) is 85.1 Å². The molecule has 6 heteroatoms. The fraction of sp³-hybridized carbons (Fsp3) is 0.696. The molecule has 0 aliphatic rings. The van der Waals surface area contributed by atoms with Gasteiger partial charge >= 0.3 is 17.9 Å². The molecule has 354 valence electrons. The average Bonchev–Trinajstić information content (AvgIpc) is 3.27. The Morgan fingerprint density at radius 1 is 0.339 bits per heavy atom. The fourth-order valence-electron chi connectivity index (χ4n) is 6.80. The molecule has 0 rings (SSSR count). The van der Waals surface area contributed by atoms with E-state index in [9.17, 15) is 14.4 Å². The quantitative estimate of drug-likeness (QED) is 0.0263. The van der Waals surface area contributed by atoms with Gasteiger partial charge in [-0.15, -0.1) is 0 Å². The molecule has 1 atom stereocenters. The van der Waals surface area contributed by atoms with Crippen LogP contribution in [-0.2, 0) is 28.6 Å². The Hall–Kier alpha value is -3.41. The van der Waals surface area contributed by atoms with E-state index in [0.29, 0.717) is 19.3 Å². The lowest BCUT2D eigenvalue weighted by Gasteiger charge is -2.18. The summed E-state index contributed by atoms with van der Waals surface area (Å²) in [4.78, 5) is 37.9. The van der Waals surface area contributed by atoms with Crippen LogP contribution < -0.4 is 0 Å². The molecule has 0 heterocycles. The van der Waals surface area contributed by atoms with Crippen LogP contribution in [0.3, 0.4) is 0 Å². The van der Waals surface area contributed by atoms with Crippen LogP contribution in [0.2, 0.25) is 0 Å². The van der Waals surface area contributed by atoms with Crippen LogP contribution >= 0.6 is 0 Å². The summed E-state index contributed by atoms with van der Waals surface area (Å²) >= 11 is 0. The molecular weight excluding hydrogens is 769 g/mol. The monoisotopic (exact) mass is 863 g/mol. The van der Waals surface area contributed by atoms with E-state index in [2.05, 4.69) is 106 Å². The van der Waals surface area contributed by atoms with E-state index < -0.39 is 6.10 Å². The third-order valence-corrected chi connectivity index (χ3v) is 10.6. The molecule has 0 bridgehead atoms. The Bertz CT molecular complexity index is 1220. The van der Waals surface area contributed by atoms with Gasteiger partial charge in [0.1, 0.15) is 13.2 Å². The lowest BCUT2D eigenvalue weighted by molar-refractivity contribution is -0.167. The van der Waals surface area contributed by atoms with Crippen LogP contribution in [0.4, 0.5) is 0 Å². The highest BCUT2D eigenvalue weighted by Gasteiger charge is 2.19. The molecule has 0 N–H and O–H groups in total. The number of allylic oxidation sites excluding steroid dienone is 14. The van der Waals surface area contributed by atoms with Crippen molar-refractivity contribution in [2.75, 3.05) is 13.2 Å². The lowest BCUT2D eigenvalue weighted by Crippen LogP contribution is -2.30. The second-order valence-electron chi connectivity index (χ2n) is 16.7. The number of carbonyl (C=O) groups excluding carboxylic acids is 3. The van der Waals surface area contributed by atoms with Gasteiger partial charge in [0.05, 0.1) is 0 Å². The van der Waals surface area contributed by atoms with Crippen LogP contribution in [0.1, 0.15) is 233 Å². The Morgan fingerprint density at radius 3 is 1.05 bits per heavy atom. The Labute approximate surface area is 382 Å². The molecule has 0 aromatic rings. The molecule has 0 aliphatic carbocycles. The first-order chi connectivity index (χ1) is 30.5. The summed E-state index contributed by atoms with van der Waals surface area (Å²) in [5.74, 6) is -0.972. The first-order valence-electron chi connectivity index (χ1n) is 25.6. The van der Waals surface area contributed by atoms with Gasteiger partial charge in [-0.25, -0.2) is 0 Å². The molecule has 0 radical (unpaired) electrons. The van der Waals surface area contributed by atoms with Gasteiger partial charge in [-0.1, -0.05) is 209 Å². The zero-order valence-electron chi connectivity index (χ0n) is 40.4. The molecular formula is C56H94O6. The highest BCUT2D eigenvalue weighted by molar-refractivity contribution is 5.71. The van der Waals surface area contributed by atoms with Gasteiger partial charge in [0, 0.05) is 19.3 Å². The lowest BCUT2D eigenvalue weighted by atomic mass is 10.1. The van der Waals surface area contributed by atoms with Crippen molar-refractivity contribution in [2.24, 2.45) is 0 Å². The van der Waals surface area contributed by atoms with E-state index >= 15 is 0 Å². The van der Waals surface area contributed by atoms with Gasteiger partial charge in [-0.3, -0.25) is 14.4 Å². The second kappa shape index (κ2) is 50.2. The molecule has 1 unspecified atom stereocenters. The number of esters is 3. The van der Waals surface area contributed by atoms with Gasteiger partial charge in [-0.2, -0.15) is 0 Å². The fourth-order valence-corrected chi connectivity index (χ4v) is 6.80. The number of hydrogen-bond acceptors (Lipinski definition) is 6. The Kier molecular flexibility index (Phi) is 47.5. The average molecular weight is 863 g/mol. The van der Waals surface area contributed by atoms with E-state index in [1.807, 2.05) is 0 Å². The maximum absolute atomic E-state index is 12.8. The first-order valence-corrected chi connectivity index (χ1v) is 25.6. The standard InChI is InChI=1S/C56H94O6/c1-4-7-10-13-16-19-21-23-25-27-29-30-32-34-37-40-43-46-49-55(58)61-52-53(51-60-54(57)48-45-42-39-36-18-15-12-9-6-3)62-56(59)50-47-44-41-38-35-33-31-28-26-24-22-20-17-14-11-8-5-2/h8,11,17,19-21,24-27,31,33,38,41,53H,4-7,9-10,12-16,18,22-23,28-30,32,34-37,39-40,42-52H2,1-3H3/b11-8-,20-17-,21-19-,26-24-,27-25-,33-31-,41-38-. The van der Waals surface area contributed by atoms with E-state index in [0.717, 1.165) is 89.9 Å². The smallest absolute Gasteiger partial charge is 0.306 e. The van der Waals surface area contributed by atoms with Crippen LogP contribution in [-0.4, -0.2) is 37.2 Å². The normalized spacial score (nSPS) is 12.8. The first kappa shape index (κ1) is 58.6. The molecule has 0 spiro atoms. The van der Waals surface area contributed by atoms with E-state index in [4.69, 9.17) is 14.2 Å². The molecule has 0 amide bonds. The molecule has 0 aromatic heterocycles. The largest absolute Gasteiger partial charge is 0.462 e. The Morgan fingerprint density at radius 2 is 0.645 bits per heavy atom. The summed E-state index contributed by atoms with van der Waals surface area (Å²) in [7, 11) is 0. The minimum absolute atomic E-state index is 0.101. The van der Waals surface area contributed by atoms with Crippen LogP contribution in [0.25, 0.3) is 0 Å². The summed E-state index contributed by atoms with van der Waals surface area (Å²) in [6.07, 6.45) is 64.3. The van der Waals surface area contributed by atoms with Gasteiger partial charge in [0.2, 0.25) is 0 Å². The number of ether oxygens (including phenoxy) is 3. The minimum atomic E-state index is -0.807. The molecule has 0 saturated carbocycles. The number of unbranched alkanes of at least 4 members (excludes halogenated alkanes) is 20. The topological polar surface area (TPSA) is 78.9 Å². The molecule has 62 heavy (non-hydrogen) atoms. The second-order valence-corrected chi connectivity index (χ2v) is 16.7. The van der Waals surface area contributed by atoms with Crippen molar-refractivity contribution in [1.82, 2.24) is 0 Å². The van der Waals surface area contributed by atoms with E-state index in [1.54, 1.807) is 0 Å². The number of hydrogen-bond donors (Lipinski definition) is 0. The molecule has 6 nitrogen and oxygen atoms in total. The third kappa shape index (κ3) is 47.6. The highest BCUT2D eigenvalue weighted by Crippen LogP contribution is 2.13. The van der Waals surface area contributed by atoms with Gasteiger partial charge in [0.15, 0.2) is 6.10 Å². The summed E-state index contributed by atoms with van der Waals surface area (Å²) in [6, 6.07) is 0. The van der Waals surface area contributed by atoms with Crippen molar-refractivity contribution in [3.05, 3.63) is 85.1 Å². The zero-order valence-corrected chi connectivity index (χ0v) is 40.4. The van der Waals surface area contributed by atoms with Crippen molar-refractivity contribution in [2.45, 2.75) is 239 Å². The van der Waals surface area contributed by atoms with Crippen molar-refractivity contribution < 1.29 is 28.6 Å². The maximum Gasteiger partial charge on any atom is 0.306 e. The van der Waals surface area contributed by atoms with Crippen LogP contribution in [0.5, 0.6) is 0 Å². The summed E-state index contributed by atoms with van der Waals surface area (Å²) in [6.45, 7) is 6.43. The van der Waals surface area contributed by atoms with Crippen LogP contribution in [0, 0.1) is 0 Å². The number of carbonyl (C=O) groups is 3. The highest BCUT2D eigenvalue weighted by atomic mass is 16.6. The number of rotatable bonds is 45. The SMILES string of the molecule is CC/C=C\C/C=C\C/C=C\C/C=C\C/C=C\CCCC(=O)OC(COC(=O)CCCCCCCCC/C=C\C/C=C\CCCCCC)COC(=O)CCCCCCCCCCC. The minimum Gasteiger partial charge on any atom is -0.462 e. The Balaban J connectivity index is 4.43. The van der Waals surface area contributed by atoms with Gasteiger partial charge in [0.25, 0.3) is 0 Å². The summed E-state index contributed by atoms with van der Waals surface area (Å²) in [5.41, 5.74) is 0. The predicted molar refractivity (Wildman–Crippen MR) is 265 cm³/mol. The molecule has 0 fully saturated rings. The van der Waals surface area contributed by atoms with E-state index in [-0.39, 0.29) is 37.5 Å². The predicted octanol–water partition coefficient (Wildman–Crippen LogP) is 16.8. The van der Waals surface area contributed by atoms with E-state index in [1.165, 1.54) is 96.3 Å². The van der Waals surface area contributed by atoms with Crippen molar-refractivity contribution in [1.29, 1.82) is 0 Å². The molecule has 0 saturated heterocycles. The van der Waals surface area contributed by atoms with Gasteiger partial charge < -0.3 is 14.2 Å². The van der Waals surface area contributed by atoms with Gasteiger partial charge in [-0.05, 0) is 89.9 Å².